The van der Waals surface area contributed by atoms with Crippen molar-refractivity contribution in [1.29, 1.82) is 0 Å². The Morgan fingerprint density at radius 1 is 1.08 bits per heavy atom. The Kier molecular flexibility index (Phi) is 8.99. The number of carbonyl (C=O) groups is 2. The fourth-order valence-corrected chi connectivity index (χ4v) is 4.97. The van der Waals surface area contributed by atoms with Crippen LogP contribution in [0.5, 0.6) is 11.5 Å². The van der Waals surface area contributed by atoms with E-state index in [-0.39, 0.29) is 19.1 Å². The van der Waals surface area contributed by atoms with E-state index >= 15 is 0 Å². The van der Waals surface area contributed by atoms with Crippen LogP contribution in [0.1, 0.15) is 28.4 Å². The molecule has 1 heterocycles. The third kappa shape index (κ3) is 6.51. The zero-order valence-electron chi connectivity index (χ0n) is 20.9. The molecule has 0 bridgehead atoms. The minimum atomic E-state index is -0.420. The lowest BCUT2D eigenvalue weighted by Crippen LogP contribution is -2.23. The average Bonchev–Trinajstić information content (AvgIpc) is 3.16. The standard InChI is InChI=1S/C28H24Cl2N2O5S/c1-4-36-27(34)18-6-5-7-21(14-18)31-28-32(2)26(33)25(38-28)13-17-8-11-23(24(12-17)35-3)37-16-19-9-10-20(29)15-22(19)30/h5-15H,4,16H2,1-3H3. The van der Waals surface area contributed by atoms with Crippen LogP contribution in [0.25, 0.3) is 6.08 Å². The number of amidine groups is 1. The lowest BCUT2D eigenvalue weighted by atomic mass is 10.2. The summed E-state index contributed by atoms with van der Waals surface area (Å²) < 4.78 is 16.5. The van der Waals surface area contributed by atoms with Gasteiger partial charge in [0.1, 0.15) is 6.61 Å². The summed E-state index contributed by atoms with van der Waals surface area (Å²) in [5.74, 6) is 0.438. The van der Waals surface area contributed by atoms with Crippen LogP contribution in [0.4, 0.5) is 5.69 Å². The van der Waals surface area contributed by atoms with E-state index in [2.05, 4.69) is 4.99 Å². The Morgan fingerprint density at radius 2 is 1.89 bits per heavy atom. The van der Waals surface area contributed by atoms with E-state index < -0.39 is 5.97 Å². The number of nitrogens with zero attached hydrogens (tertiary/aromatic N) is 2. The van der Waals surface area contributed by atoms with Crippen LogP contribution in [0.2, 0.25) is 10.0 Å². The maximum absolute atomic E-state index is 12.9. The highest BCUT2D eigenvalue weighted by molar-refractivity contribution is 8.18. The van der Waals surface area contributed by atoms with Gasteiger partial charge < -0.3 is 14.2 Å². The normalized spacial score (nSPS) is 15.3. The van der Waals surface area contributed by atoms with Crippen LogP contribution in [0, 0.1) is 0 Å². The SMILES string of the molecule is CCOC(=O)c1cccc(N=C2SC(=Cc3ccc(OCc4ccc(Cl)cc4Cl)c(OC)c3)C(=O)N2C)c1. The molecule has 0 spiro atoms. The number of methoxy groups -OCH3 is 1. The number of hydrogen-bond acceptors (Lipinski definition) is 7. The lowest BCUT2D eigenvalue weighted by Gasteiger charge is -2.12. The van der Waals surface area contributed by atoms with Crippen molar-refractivity contribution in [2.24, 2.45) is 4.99 Å². The third-order valence-electron chi connectivity index (χ3n) is 5.47. The van der Waals surface area contributed by atoms with Crippen LogP contribution in [-0.4, -0.2) is 42.7 Å². The molecular formula is C28H24Cl2N2O5S. The second-order valence-electron chi connectivity index (χ2n) is 8.07. The number of halogens is 2. The van der Waals surface area contributed by atoms with Gasteiger partial charge in [0.2, 0.25) is 0 Å². The van der Waals surface area contributed by atoms with Crippen molar-refractivity contribution >= 4 is 63.8 Å². The van der Waals surface area contributed by atoms with Gasteiger partial charge in [-0.3, -0.25) is 9.69 Å². The highest BCUT2D eigenvalue weighted by Gasteiger charge is 2.30. The third-order valence-corrected chi connectivity index (χ3v) is 7.12. The molecule has 3 aromatic rings. The fourth-order valence-electron chi connectivity index (χ4n) is 3.52. The number of thioether (sulfide) groups is 1. The highest BCUT2D eigenvalue weighted by atomic mass is 35.5. The van der Waals surface area contributed by atoms with Gasteiger partial charge >= 0.3 is 5.97 Å². The number of aliphatic imine (C=N–C) groups is 1. The largest absolute Gasteiger partial charge is 0.493 e. The second kappa shape index (κ2) is 12.4. The van der Waals surface area contributed by atoms with Gasteiger partial charge in [0.25, 0.3) is 5.91 Å². The maximum Gasteiger partial charge on any atom is 0.338 e. The molecule has 1 aliphatic rings. The maximum atomic E-state index is 12.9. The molecule has 10 heteroatoms. The fraction of sp³-hybridized carbons (Fsp3) is 0.179. The van der Waals surface area contributed by atoms with E-state index in [0.717, 1.165) is 11.1 Å². The first-order valence-corrected chi connectivity index (χ1v) is 13.1. The first-order chi connectivity index (χ1) is 18.3. The predicted octanol–water partition coefficient (Wildman–Crippen LogP) is 6.99. The molecule has 0 saturated carbocycles. The van der Waals surface area contributed by atoms with Crippen molar-refractivity contribution in [2.45, 2.75) is 13.5 Å². The Balaban J connectivity index is 1.51. The summed E-state index contributed by atoms with van der Waals surface area (Å²) in [5, 5.41) is 1.56. The topological polar surface area (TPSA) is 77.4 Å². The number of hydrogen-bond donors (Lipinski definition) is 0. The zero-order chi connectivity index (χ0) is 27.2. The molecule has 1 amide bonds. The van der Waals surface area contributed by atoms with Gasteiger partial charge in [0, 0.05) is 22.7 Å². The zero-order valence-corrected chi connectivity index (χ0v) is 23.2. The Hall–Kier alpha value is -3.46. The molecule has 7 nitrogen and oxygen atoms in total. The summed E-state index contributed by atoms with van der Waals surface area (Å²) in [6.45, 7) is 2.27. The highest BCUT2D eigenvalue weighted by Crippen LogP contribution is 2.35. The quantitative estimate of drug-likeness (QED) is 0.214. The molecule has 0 N–H and O–H groups in total. The molecule has 4 rings (SSSR count). The number of carbonyl (C=O) groups excluding carboxylic acids is 2. The van der Waals surface area contributed by atoms with Crippen LogP contribution in [0.3, 0.4) is 0 Å². The van der Waals surface area contributed by atoms with Gasteiger partial charge in [-0.05, 0) is 72.8 Å². The number of esters is 1. The Bertz CT molecular complexity index is 1440. The number of likely N-dealkylation sites (N-methyl/N-ethyl adjacent to an activating group) is 1. The number of benzene rings is 3. The minimum absolute atomic E-state index is 0.188. The van der Waals surface area contributed by atoms with Crippen LogP contribution in [-0.2, 0) is 16.1 Å². The van der Waals surface area contributed by atoms with E-state index in [1.54, 1.807) is 75.7 Å². The minimum Gasteiger partial charge on any atom is -0.493 e. The molecule has 0 radical (unpaired) electrons. The van der Waals surface area contributed by atoms with Crippen LogP contribution < -0.4 is 9.47 Å². The number of ether oxygens (including phenoxy) is 3. The molecule has 0 aromatic heterocycles. The van der Waals surface area contributed by atoms with Gasteiger partial charge in [0.05, 0.1) is 29.9 Å². The van der Waals surface area contributed by atoms with E-state index in [1.165, 1.54) is 16.7 Å². The van der Waals surface area contributed by atoms with Crippen molar-refractivity contribution in [2.75, 3.05) is 20.8 Å². The average molecular weight is 571 g/mol. The first-order valence-electron chi connectivity index (χ1n) is 11.6. The van der Waals surface area contributed by atoms with Crippen LogP contribution in [0.15, 0.2) is 70.6 Å². The summed E-state index contributed by atoms with van der Waals surface area (Å²) in [6, 6.07) is 17.4. The molecule has 0 atom stereocenters. The molecule has 3 aromatic carbocycles. The van der Waals surface area contributed by atoms with E-state index in [4.69, 9.17) is 37.4 Å². The molecular weight excluding hydrogens is 547 g/mol. The second-order valence-corrected chi connectivity index (χ2v) is 9.93. The molecule has 196 valence electrons. The van der Waals surface area contributed by atoms with Gasteiger partial charge in [-0.25, -0.2) is 9.79 Å². The number of rotatable bonds is 8. The van der Waals surface area contributed by atoms with Gasteiger partial charge in [0.15, 0.2) is 16.7 Å². The number of amides is 1. The summed E-state index contributed by atoms with van der Waals surface area (Å²) >= 11 is 13.4. The molecule has 0 aliphatic carbocycles. The van der Waals surface area contributed by atoms with Crippen molar-refractivity contribution < 1.29 is 23.8 Å². The van der Waals surface area contributed by atoms with E-state index in [0.29, 0.717) is 42.9 Å². The molecule has 1 aliphatic heterocycles. The van der Waals surface area contributed by atoms with Crippen molar-refractivity contribution in [3.63, 3.8) is 0 Å². The predicted molar refractivity (Wildman–Crippen MR) is 152 cm³/mol. The summed E-state index contributed by atoms with van der Waals surface area (Å²) in [5.41, 5.74) is 2.49. The lowest BCUT2D eigenvalue weighted by molar-refractivity contribution is -0.121. The summed E-state index contributed by atoms with van der Waals surface area (Å²) in [7, 11) is 3.20. The van der Waals surface area contributed by atoms with Gasteiger partial charge in [-0.1, -0.05) is 41.4 Å². The molecule has 0 unspecified atom stereocenters. The molecule has 1 fully saturated rings. The summed E-state index contributed by atoms with van der Waals surface area (Å²) in [4.78, 5) is 31.5. The van der Waals surface area contributed by atoms with Crippen molar-refractivity contribution in [3.8, 4) is 11.5 Å². The monoisotopic (exact) mass is 570 g/mol. The smallest absolute Gasteiger partial charge is 0.338 e. The first kappa shape index (κ1) is 27.6. The van der Waals surface area contributed by atoms with Gasteiger partial charge in [-0.2, -0.15) is 0 Å². The van der Waals surface area contributed by atoms with E-state index in [9.17, 15) is 9.59 Å². The van der Waals surface area contributed by atoms with Crippen molar-refractivity contribution in [1.82, 2.24) is 4.90 Å². The Labute approximate surface area is 235 Å². The van der Waals surface area contributed by atoms with E-state index in [1.807, 2.05) is 12.1 Å². The summed E-state index contributed by atoms with van der Waals surface area (Å²) in [6.07, 6.45) is 1.77. The van der Waals surface area contributed by atoms with Crippen LogP contribution >= 0.6 is 35.0 Å². The Morgan fingerprint density at radius 3 is 2.63 bits per heavy atom. The molecule has 1 saturated heterocycles. The van der Waals surface area contributed by atoms with Gasteiger partial charge in [-0.15, -0.1) is 0 Å². The van der Waals surface area contributed by atoms with Crippen molar-refractivity contribution in [3.05, 3.63) is 92.3 Å². The molecule has 38 heavy (non-hydrogen) atoms.